The monoisotopic (exact) mass is 274 g/mol. The van der Waals surface area contributed by atoms with Crippen LogP contribution in [0.3, 0.4) is 0 Å². The van der Waals surface area contributed by atoms with Gasteiger partial charge in [0.25, 0.3) is 0 Å². The molecule has 0 N–H and O–H groups in total. The van der Waals surface area contributed by atoms with Crippen LogP contribution in [0.2, 0.25) is 10.0 Å². The summed E-state index contributed by atoms with van der Waals surface area (Å²) in [5.41, 5.74) is 2.37. The minimum absolute atomic E-state index is 0.785. The number of rotatable bonds is 0. The number of aryl methyl sites for hydroxylation is 2. The van der Waals surface area contributed by atoms with Gasteiger partial charge in [0.1, 0.15) is 0 Å². The summed E-state index contributed by atoms with van der Waals surface area (Å²) >= 11 is 13.0. The predicted molar refractivity (Wildman–Crippen MR) is 80.9 cm³/mol. The Hall–Kier alpha value is -1.24. The molecule has 0 fully saturated rings. The van der Waals surface area contributed by atoms with Crippen molar-refractivity contribution in [2.45, 2.75) is 13.8 Å². The van der Waals surface area contributed by atoms with Crippen molar-refractivity contribution >= 4 is 44.7 Å². The molecule has 0 aliphatic rings. The van der Waals surface area contributed by atoms with Gasteiger partial charge in [-0.2, -0.15) is 0 Å². The fraction of sp³-hybridized carbons (Fsp3) is 0.125. The Labute approximate surface area is 116 Å². The fourth-order valence-electron chi connectivity index (χ4n) is 2.35. The molecule has 0 radical (unpaired) electrons. The Morgan fingerprint density at radius 3 is 1.39 bits per heavy atom. The first kappa shape index (κ1) is 11.8. The largest absolute Gasteiger partial charge is 0.0830 e. The molecule has 0 saturated heterocycles. The molecule has 0 atom stereocenters. The van der Waals surface area contributed by atoms with Crippen molar-refractivity contribution in [3.05, 3.63) is 57.6 Å². The van der Waals surface area contributed by atoms with Gasteiger partial charge in [-0.15, -0.1) is 0 Å². The Balaban J connectivity index is 2.60. The fourth-order valence-corrected chi connectivity index (χ4v) is 2.99. The topological polar surface area (TPSA) is 0 Å². The van der Waals surface area contributed by atoms with Crippen LogP contribution in [-0.2, 0) is 0 Å². The van der Waals surface area contributed by atoms with Crippen molar-refractivity contribution in [1.82, 2.24) is 0 Å². The molecule has 90 valence electrons. The van der Waals surface area contributed by atoms with Crippen LogP contribution >= 0.6 is 23.2 Å². The van der Waals surface area contributed by atoms with Gasteiger partial charge in [-0.05, 0) is 26.0 Å². The Morgan fingerprint density at radius 1 is 0.611 bits per heavy atom. The highest BCUT2D eigenvalue weighted by molar-refractivity contribution is 6.47. The third-order valence-electron chi connectivity index (χ3n) is 3.30. The van der Waals surface area contributed by atoms with Crippen LogP contribution in [0.1, 0.15) is 11.1 Å². The number of benzene rings is 3. The molecule has 0 aliphatic carbocycles. The van der Waals surface area contributed by atoms with E-state index in [0.29, 0.717) is 0 Å². The van der Waals surface area contributed by atoms with Crippen LogP contribution in [0, 0.1) is 13.8 Å². The maximum atomic E-state index is 6.51. The van der Waals surface area contributed by atoms with E-state index in [0.717, 1.165) is 31.6 Å². The molecule has 2 heteroatoms. The molecule has 3 aromatic carbocycles. The normalized spacial score (nSPS) is 11.3. The molecule has 0 aromatic heterocycles. The van der Waals surface area contributed by atoms with E-state index in [9.17, 15) is 0 Å². The van der Waals surface area contributed by atoms with E-state index in [1.807, 2.05) is 12.1 Å². The van der Waals surface area contributed by atoms with Crippen LogP contribution in [0.25, 0.3) is 21.5 Å². The second kappa shape index (κ2) is 4.15. The molecule has 0 aliphatic heterocycles. The smallest absolute Gasteiger partial charge is 0.0563 e. The van der Waals surface area contributed by atoms with E-state index in [-0.39, 0.29) is 0 Å². The van der Waals surface area contributed by atoms with Crippen LogP contribution in [-0.4, -0.2) is 0 Å². The van der Waals surface area contributed by atoms with Gasteiger partial charge in [-0.25, -0.2) is 0 Å². The zero-order chi connectivity index (χ0) is 12.9. The highest BCUT2D eigenvalue weighted by Crippen LogP contribution is 2.39. The lowest BCUT2D eigenvalue weighted by atomic mass is 10.0. The zero-order valence-corrected chi connectivity index (χ0v) is 11.7. The lowest BCUT2D eigenvalue weighted by Crippen LogP contribution is -1.84. The molecule has 0 amide bonds. The summed E-state index contributed by atoms with van der Waals surface area (Å²) in [5.74, 6) is 0. The third kappa shape index (κ3) is 1.68. The maximum absolute atomic E-state index is 6.51. The second-order valence-electron chi connectivity index (χ2n) is 4.73. The van der Waals surface area contributed by atoms with Crippen molar-refractivity contribution in [1.29, 1.82) is 0 Å². The van der Waals surface area contributed by atoms with Crippen molar-refractivity contribution in [3.8, 4) is 0 Å². The van der Waals surface area contributed by atoms with Gasteiger partial charge in [0.2, 0.25) is 0 Å². The summed E-state index contributed by atoms with van der Waals surface area (Å²) in [6, 6.07) is 12.4. The highest BCUT2D eigenvalue weighted by atomic mass is 35.5. The second-order valence-corrected chi connectivity index (χ2v) is 5.48. The summed E-state index contributed by atoms with van der Waals surface area (Å²) in [7, 11) is 0. The molecule has 3 aromatic rings. The lowest BCUT2D eigenvalue weighted by Gasteiger charge is -2.10. The van der Waals surface area contributed by atoms with Crippen molar-refractivity contribution in [2.75, 3.05) is 0 Å². The summed E-state index contributed by atoms with van der Waals surface area (Å²) in [5, 5.41) is 5.66. The predicted octanol–water partition coefficient (Wildman–Crippen LogP) is 5.92. The number of fused-ring (bicyclic) bond motifs is 2. The van der Waals surface area contributed by atoms with Crippen LogP contribution in [0.5, 0.6) is 0 Å². The van der Waals surface area contributed by atoms with Crippen LogP contribution in [0.4, 0.5) is 0 Å². The van der Waals surface area contributed by atoms with E-state index in [4.69, 9.17) is 23.2 Å². The third-order valence-corrected chi connectivity index (χ3v) is 4.11. The first-order valence-corrected chi connectivity index (χ1v) is 6.61. The first-order valence-electron chi connectivity index (χ1n) is 5.85. The number of halogens is 2. The molecule has 0 saturated carbocycles. The molecular weight excluding hydrogens is 263 g/mol. The van der Waals surface area contributed by atoms with Crippen LogP contribution < -0.4 is 0 Å². The highest BCUT2D eigenvalue weighted by Gasteiger charge is 2.11. The molecule has 0 bridgehead atoms. The minimum atomic E-state index is 0.785. The van der Waals surface area contributed by atoms with E-state index < -0.39 is 0 Å². The van der Waals surface area contributed by atoms with Crippen LogP contribution in [0.15, 0.2) is 36.4 Å². The summed E-state index contributed by atoms with van der Waals surface area (Å²) in [6.45, 7) is 4.12. The molecule has 0 unspecified atom stereocenters. The van der Waals surface area contributed by atoms with Crippen molar-refractivity contribution < 1.29 is 0 Å². The number of hydrogen-bond donors (Lipinski definition) is 0. The molecule has 0 nitrogen and oxygen atoms in total. The molecule has 18 heavy (non-hydrogen) atoms. The standard InChI is InChI=1S/C16H12Cl2/c1-9-3-5-11-13(7-9)15(17)12-6-4-10(2)8-14(12)16(11)18/h3-8H,1-2H3. The van der Waals surface area contributed by atoms with E-state index in [1.54, 1.807) is 0 Å². The minimum Gasteiger partial charge on any atom is -0.0830 e. The summed E-state index contributed by atoms with van der Waals surface area (Å²) in [6.07, 6.45) is 0. The first-order chi connectivity index (χ1) is 8.58. The average Bonchev–Trinajstić information content (AvgIpc) is 2.36. The maximum Gasteiger partial charge on any atom is 0.0563 e. The van der Waals surface area contributed by atoms with E-state index >= 15 is 0 Å². The number of hydrogen-bond acceptors (Lipinski definition) is 0. The summed E-state index contributed by atoms with van der Waals surface area (Å²) in [4.78, 5) is 0. The molecule has 0 heterocycles. The van der Waals surface area contributed by atoms with E-state index in [2.05, 4.69) is 38.1 Å². The van der Waals surface area contributed by atoms with Gasteiger partial charge < -0.3 is 0 Å². The molecule has 3 rings (SSSR count). The molecular formula is C16H12Cl2. The quantitative estimate of drug-likeness (QED) is 0.447. The van der Waals surface area contributed by atoms with Gasteiger partial charge in [-0.1, -0.05) is 58.6 Å². The molecule has 0 spiro atoms. The van der Waals surface area contributed by atoms with E-state index in [1.165, 1.54) is 11.1 Å². The van der Waals surface area contributed by atoms with Gasteiger partial charge in [-0.3, -0.25) is 0 Å². The van der Waals surface area contributed by atoms with Crippen molar-refractivity contribution in [3.63, 3.8) is 0 Å². The van der Waals surface area contributed by atoms with Crippen molar-refractivity contribution in [2.24, 2.45) is 0 Å². The Bertz CT molecular complexity index is 705. The zero-order valence-electron chi connectivity index (χ0n) is 10.2. The lowest BCUT2D eigenvalue weighted by molar-refractivity contribution is 1.50. The Kier molecular flexibility index (Phi) is 2.73. The summed E-state index contributed by atoms with van der Waals surface area (Å²) < 4.78 is 0. The Morgan fingerprint density at radius 2 is 1.00 bits per heavy atom. The van der Waals surface area contributed by atoms with Gasteiger partial charge >= 0.3 is 0 Å². The SMILES string of the molecule is Cc1ccc2c(Cl)c3cc(C)ccc3c(Cl)c2c1. The van der Waals surface area contributed by atoms with Gasteiger partial charge in [0.15, 0.2) is 0 Å². The van der Waals surface area contributed by atoms with Gasteiger partial charge in [0, 0.05) is 21.5 Å². The van der Waals surface area contributed by atoms with Gasteiger partial charge in [0.05, 0.1) is 10.0 Å². The average molecular weight is 275 g/mol.